The van der Waals surface area contributed by atoms with Crippen LogP contribution in [0.2, 0.25) is 0 Å². The Bertz CT molecular complexity index is 1040. The van der Waals surface area contributed by atoms with Gasteiger partial charge in [0.25, 0.3) is 0 Å². The van der Waals surface area contributed by atoms with Crippen molar-refractivity contribution in [3.63, 3.8) is 0 Å². The third-order valence-electron chi connectivity index (χ3n) is 4.51. The first kappa shape index (κ1) is 16.4. The average molecular weight is 349 g/mol. The lowest BCUT2D eigenvalue weighted by Crippen LogP contribution is -2.08. The first-order valence-corrected chi connectivity index (χ1v) is 8.42. The first-order valence-electron chi connectivity index (χ1n) is 8.42. The van der Waals surface area contributed by atoms with E-state index in [0.717, 1.165) is 33.4 Å². The fraction of sp³-hybridized carbons (Fsp3) is 0.143. The molecule has 0 aliphatic rings. The molecule has 4 rings (SSSR count). The maximum Gasteiger partial charge on any atom is 0.123 e. The van der Waals surface area contributed by atoms with Crippen LogP contribution in [0.3, 0.4) is 0 Å². The molecule has 0 fully saturated rings. The van der Waals surface area contributed by atoms with Crippen LogP contribution >= 0.6 is 0 Å². The third-order valence-corrected chi connectivity index (χ3v) is 4.51. The lowest BCUT2D eigenvalue weighted by atomic mass is 10.0. The second-order valence-corrected chi connectivity index (χ2v) is 6.21. The van der Waals surface area contributed by atoms with Gasteiger partial charge in [0.15, 0.2) is 0 Å². The maximum absolute atomic E-state index is 13.7. The van der Waals surface area contributed by atoms with Crippen LogP contribution in [0.5, 0.6) is 0 Å². The zero-order valence-electron chi connectivity index (χ0n) is 14.2. The molecule has 0 saturated carbocycles. The van der Waals surface area contributed by atoms with Crippen LogP contribution in [-0.2, 0) is 0 Å². The van der Waals surface area contributed by atoms with Gasteiger partial charge in [-0.2, -0.15) is 0 Å². The molecule has 5 heteroatoms. The van der Waals surface area contributed by atoms with Gasteiger partial charge >= 0.3 is 0 Å². The van der Waals surface area contributed by atoms with Crippen molar-refractivity contribution in [2.75, 3.05) is 6.67 Å². The molecule has 0 spiro atoms. The SMILES string of the molecule is CC(CF)n1c(-c2ccncc2)c(-c2ccc(F)cc2)c2ncccc21. The molecule has 0 bridgehead atoms. The smallest absolute Gasteiger partial charge is 0.123 e. The van der Waals surface area contributed by atoms with Gasteiger partial charge in [-0.25, -0.2) is 8.78 Å². The Morgan fingerprint density at radius 1 is 0.962 bits per heavy atom. The van der Waals surface area contributed by atoms with Gasteiger partial charge in [0, 0.05) is 29.7 Å². The Morgan fingerprint density at radius 2 is 1.69 bits per heavy atom. The zero-order chi connectivity index (χ0) is 18.1. The van der Waals surface area contributed by atoms with E-state index < -0.39 is 6.67 Å². The largest absolute Gasteiger partial charge is 0.333 e. The van der Waals surface area contributed by atoms with Crippen LogP contribution < -0.4 is 0 Å². The number of hydrogen-bond donors (Lipinski definition) is 0. The molecule has 0 aliphatic carbocycles. The number of rotatable bonds is 4. The van der Waals surface area contributed by atoms with Crippen molar-refractivity contribution >= 4 is 11.0 Å². The molecule has 3 heterocycles. The van der Waals surface area contributed by atoms with Gasteiger partial charge in [-0.3, -0.25) is 9.97 Å². The standard InChI is InChI=1S/C21H17F2N3/c1-14(13-22)26-18-3-2-10-25-20(18)19(15-4-6-17(23)7-5-15)21(26)16-8-11-24-12-9-16/h2-12,14H,13H2,1H3. The van der Waals surface area contributed by atoms with Crippen molar-refractivity contribution in [3.8, 4) is 22.4 Å². The molecular weight excluding hydrogens is 332 g/mol. The average Bonchev–Trinajstić information content (AvgIpc) is 3.04. The Hall–Kier alpha value is -3.08. The predicted molar refractivity (Wildman–Crippen MR) is 99.0 cm³/mol. The minimum absolute atomic E-state index is 0.298. The molecule has 1 unspecified atom stereocenters. The summed E-state index contributed by atoms with van der Waals surface area (Å²) in [5.74, 6) is -0.298. The van der Waals surface area contributed by atoms with E-state index in [1.807, 2.05) is 35.8 Å². The van der Waals surface area contributed by atoms with Gasteiger partial charge in [0.1, 0.15) is 12.5 Å². The van der Waals surface area contributed by atoms with Crippen LogP contribution in [0.1, 0.15) is 13.0 Å². The van der Waals surface area contributed by atoms with Gasteiger partial charge in [0.2, 0.25) is 0 Å². The minimum Gasteiger partial charge on any atom is -0.333 e. The summed E-state index contributed by atoms with van der Waals surface area (Å²) in [6.45, 7) is 1.34. The number of benzene rings is 1. The molecular formula is C21H17F2N3. The van der Waals surface area contributed by atoms with E-state index in [1.54, 1.807) is 30.7 Å². The van der Waals surface area contributed by atoms with Gasteiger partial charge < -0.3 is 4.57 Å². The van der Waals surface area contributed by atoms with E-state index in [0.29, 0.717) is 0 Å². The second-order valence-electron chi connectivity index (χ2n) is 6.21. The molecule has 26 heavy (non-hydrogen) atoms. The van der Waals surface area contributed by atoms with E-state index in [4.69, 9.17) is 0 Å². The number of fused-ring (bicyclic) bond motifs is 1. The Balaban J connectivity index is 2.14. The zero-order valence-corrected chi connectivity index (χ0v) is 14.2. The van der Waals surface area contributed by atoms with E-state index in [9.17, 15) is 8.78 Å². The van der Waals surface area contributed by atoms with E-state index >= 15 is 0 Å². The topological polar surface area (TPSA) is 30.7 Å². The van der Waals surface area contributed by atoms with Crippen LogP contribution in [0.25, 0.3) is 33.4 Å². The second kappa shape index (κ2) is 6.67. The fourth-order valence-corrected chi connectivity index (χ4v) is 3.35. The van der Waals surface area contributed by atoms with Gasteiger partial charge in [-0.1, -0.05) is 12.1 Å². The first-order chi connectivity index (χ1) is 12.7. The molecule has 3 nitrogen and oxygen atoms in total. The van der Waals surface area contributed by atoms with Crippen molar-refractivity contribution in [1.29, 1.82) is 0 Å². The molecule has 3 aromatic heterocycles. The van der Waals surface area contributed by atoms with E-state index in [1.165, 1.54) is 12.1 Å². The lowest BCUT2D eigenvalue weighted by molar-refractivity contribution is 0.386. The van der Waals surface area contributed by atoms with Crippen LogP contribution in [-0.4, -0.2) is 21.2 Å². The minimum atomic E-state index is -0.500. The van der Waals surface area contributed by atoms with Crippen molar-refractivity contribution in [1.82, 2.24) is 14.5 Å². The summed E-state index contributed by atoms with van der Waals surface area (Å²) in [6, 6.07) is 13.5. The molecule has 0 aliphatic heterocycles. The summed E-state index contributed by atoms with van der Waals surface area (Å²) in [4.78, 5) is 8.64. The number of hydrogen-bond acceptors (Lipinski definition) is 2. The van der Waals surface area contributed by atoms with Crippen molar-refractivity contribution in [3.05, 3.63) is 72.9 Å². The summed E-state index contributed by atoms with van der Waals surface area (Å²) in [7, 11) is 0. The summed E-state index contributed by atoms with van der Waals surface area (Å²) in [6.07, 6.45) is 5.13. The number of pyridine rings is 2. The number of halogens is 2. The summed E-state index contributed by atoms with van der Waals surface area (Å²) in [5, 5.41) is 0. The molecule has 0 N–H and O–H groups in total. The van der Waals surface area contributed by atoms with Crippen molar-refractivity contribution < 1.29 is 8.78 Å². The highest BCUT2D eigenvalue weighted by molar-refractivity contribution is 6.02. The molecule has 0 amide bonds. The summed E-state index contributed by atoms with van der Waals surface area (Å²) < 4.78 is 29.1. The molecule has 0 saturated heterocycles. The fourth-order valence-electron chi connectivity index (χ4n) is 3.35. The van der Waals surface area contributed by atoms with Gasteiger partial charge in [0.05, 0.1) is 22.8 Å². The van der Waals surface area contributed by atoms with Gasteiger partial charge in [-0.05, 0) is 48.9 Å². The van der Waals surface area contributed by atoms with E-state index in [-0.39, 0.29) is 11.9 Å². The summed E-state index contributed by atoms with van der Waals surface area (Å²) in [5.41, 5.74) is 5.10. The molecule has 1 aromatic carbocycles. The summed E-state index contributed by atoms with van der Waals surface area (Å²) >= 11 is 0. The normalized spacial score (nSPS) is 12.4. The highest BCUT2D eigenvalue weighted by Crippen LogP contribution is 2.41. The molecule has 4 aromatic rings. The highest BCUT2D eigenvalue weighted by Gasteiger charge is 2.23. The lowest BCUT2D eigenvalue weighted by Gasteiger charge is -2.17. The number of alkyl halides is 1. The Kier molecular flexibility index (Phi) is 4.21. The van der Waals surface area contributed by atoms with Crippen LogP contribution in [0.15, 0.2) is 67.1 Å². The Morgan fingerprint density at radius 3 is 2.38 bits per heavy atom. The van der Waals surface area contributed by atoms with E-state index in [2.05, 4.69) is 9.97 Å². The molecule has 0 radical (unpaired) electrons. The molecule has 1 atom stereocenters. The van der Waals surface area contributed by atoms with Gasteiger partial charge in [-0.15, -0.1) is 0 Å². The monoisotopic (exact) mass is 349 g/mol. The number of nitrogens with zero attached hydrogens (tertiary/aromatic N) is 3. The third kappa shape index (κ3) is 2.65. The predicted octanol–water partition coefficient (Wildman–Crippen LogP) is 5.43. The van der Waals surface area contributed by atoms with Crippen LogP contribution in [0.4, 0.5) is 8.78 Å². The van der Waals surface area contributed by atoms with Crippen LogP contribution in [0, 0.1) is 5.82 Å². The number of aromatic nitrogens is 3. The van der Waals surface area contributed by atoms with Crippen molar-refractivity contribution in [2.45, 2.75) is 13.0 Å². The molecule has 130 valence electrons. The van der Waals surface area contributed by atoms with Crippen molar-refractivity contribution in [2.24, 2.45) is 0 Å². The highest BCUT2D eigenvalue weighted by atomic mass is 19.1. The maximum atomic E-state index is 13.7. The quantitative estimate of drug-likeness (QED) is 0.491. The Labute approximate surface area is 150 Å².